The number of hydrogen-bond acceptors (Lipinski definition) is 3. The molecule has 0 aromatic heterocycles. The van der Waals surface area contributed by atoms with Crippen molar-refractivity contribution in [2.45, 2.75) is 45.2 Å². The average Bonchev–Trinajstić information content (AvgIpc) is 2.88. The number of fused-ring (bicyclic) bond motifs is 1. The summed E-state index contributed by atoms with van der Waals surface area (Å²) >= 11 is 0. The van der Waals surface area contributed by atoms with Crippen LogP contribution in [0.3, 0.4) is 0 Å². The third-order valence-electron chi connectivity index (χ3n) is 4.95. The summed E-state index contributed by atoms with van der Waals surface area (Å²) in [6, 6.07) is 0.465. The first-order chi connectivity index (χ1) is 9.00. The first-order valence-electron chi connectivity index (χ1n) is 7.68. The molecule has 2 N–H and O–H groups in total. The second-order valence-electron chi connectivity index (χ2n) is 6.76. The first kappa shape index (κ1) is 14.8. The Balaban J connectivity index is 1.84. The van der Waals surface area contributed by atoms with Crippen LogP contribution in [0, 0.1) is 17.8 Å². The van der Waals surface area contributed by atoms with Gasteiger partial charge >= 0.3 is 0 Å². The van der Waals surface area contributed by atoms with E-state index < -0.39 is 0 Å². The molecule has 2 aliphatic rings. The third-order valence-corrected chi connectivity index (χ3v) is 4.95. The molecule has 0 aromatic rings. The number of nitrogens with one attached hydrogen (secondary N) is 2. The van der Waals surface area contributed by atoms with Gasteiger partial charge in [-0.2, -0.15) is 0 Å². The zero-order valence-electron chi connectivity index (χ0n) is 12.8. The SMILES string of the molecule is CC(C)C(CNC(=O)C1NCC2CCCC21)N(C)C. The molecular weight excluding hydrogens is 238 g/mol. The van der Waals surface area contributed by atoms with Gasteiger partial charge in [0.15, 0.2) is 0 Å². The molecule has 4 unspecified atom stereocenters. The molecule has 4 atom stereocenters. The molecule has 1 saturated heterocycles. The number of carbonyl (C=O) groups excluding carboxylic acids is 1. The van der Waals surface area contributed by atoms with Crippen molar-refractivity contribution < 1.29 is 4.79 Å². The van der Waals surface area contributed by atoms with Gasteiger partial charge in [0.2, 0.25) is 5.91 Å². The maximum atomic E-state index is 12.3. The maximum absolute atomic E-state index is 12.3. The van der Waals surface area contributed by atoms with Gasteiger partial charge in [0.1, 0.15) is 0 Å². The molecule has 4 nitrogen and oxygen atoms in total. The monoisotopic (exact) mass is 267 g/mol. The summed E-state index contributed by atoms with van der Waals surface area (Å²) in [4.78, 5) is 14.5. The first-order valence-corrected chi connectivity index (χ1v) is 7.68. The van der Waals surface area contributed by atoms with Crippen LogP contribution in [0.15, 0.2) is 0 Å². The highest BCUT2D eigenvalue weighted by molar-refractivity contribution is 5.82. The highest BCUT2D eigenvalue weighted by Gasteiger charge is 2.42. The van der Waals surface area contributed by atoms with Crippen molar-refractivity contribution in [3.63, 3.8) is 0 Å². The predicted octanol–water partition coefficient (Wildman–Crippen LogP) is 1.08. The number of likely N-dealkylation sites (N-methyl/N-ethyl adjacent to an activating group) is 1. The van der Waals surface area contributed by atoms with Crippen LogP contribution in [0.5, 0.6) is 0 Å². The van der Waals surface area contributed by atoms with E-state index in [0.717, 1.165) is 19.0 Å². The average molecular weight is 267 g/mol. The van der Waals surface area contributed by atoms with E-state index >= 15 is 0 Å². The van der Waals surface area contributed by atoms with E-state index in [0.29, 0.717) is 17.9 Å². The lowest BCUT2D eigenvalue weighted by Gasteiger charge is -2.29. The predicted molar refractivity (Wildman–Crippen MR) is 77.9 cm³/mol. The lowest BCUT2D eigenvalue weighted by molar-refractivity contribution is -0.124. The minimum atomic E-state index is 0.0578. The molecule has 0 radical (unpaired) electrons. The van der Waals surface area contributed by atoms with Gasteiger partial charge in [-0.25, -0.2) is 0 Å². The van der Waals surface area contributed by atoms with E-state index in [4.69, 9.17) is 0 Å². The minimum Gasteiger partial charge on any atom is -0.353 e. The topological polar surface area (TPSA) is 44.4 Å². The Bertz CT molecular complexity index is 309. The van der Waals surface area contributed by atoms with Crippen LogP contribution in [0.25, 0.3) is 0 Å². The molecule has 1 aliphatic carbocycles. The number of nitrogens with zero attached hydrogens (tertiary/aromatic N) is 1. The molecule has 110 valence electrons. The van der Waals surface area contributed by atoms with Crippen molar-refractivity contribution in [2.24, 2.45) is 17.8 Å². The van der Waals surface area contributed by atoms with Gasteiger partial charge < -0.3 is 15.5 Å². The van der Waals surface area contributed by atoms with Crippen molar-refractivity contribution in [2.75, 3.05) is 27.2 Å². The zero-order chi connectivity index (χ0) is 14.0. The van der Waals surface area contributed by atoms with E-state index in [1.807, 2.05) is 0 Å². The van der Waals surface area contributed by atoms with Gasteiger partial charge in [-0.15, -0.1) is 0 Å². The minimum absolute atomic E-state index is 0.0578. The molecule has 2 rings (SSSR count). The Morgan fingerprint density at radius 3 is 2.74 bits per heavy atom. The molecule has 19 heavy (non-hydrogen) atoms. The van der Waals surface area contributed by atoms with Crippen LogP contribution in [-0.4, -0.2) is 50.1 Å². The lowest BCUT2D eigenvalue weighted by Crippen LogP contribution is -2.49. The van der Waals surface area contributed by atoms with Gasteiger partial charge in [-0.1, -0.05) is 20.3 Å². The fourth-order valence-corrected chi connectivity index (χ4v) is 3.80. The normalized spacial score (nSPS) is 31.8. The van der Waals surface area contributed by atoms with E-state index in [-0.39, 0.29) is 11.9 Å². The van der Waals surface area contributed by atoms with E-state index in [1.54, 1.807) is 0 Å². The Hall–Kier alpha value is -0.610. The summed E-state index contributed by atoms with van der Waals surface area (Å²) < 4.78 is 0. The van der Waals surface area contributed by atoms with Crippen molar-refractivity contribution in [3.8, 4) is 0 Å². The second kappa shape index (κ2) is 6.23. The Kier molecular flexibility index (Phi) is 4.85. The number of hydrogen-bond donors (Lipinski definition) is 2. The molecule has 0 spiro atoms. The van der Waals surface area contributed by atoms with Crippen LogP contribution in [0.2, 0.25) is 0 Å². The van der Waals surface area contributed by atoms with E-state index in [2.05, 4.69) is 43.5 Å². The van der Waals surface area contributed by atoms with Crippen LogP contribution in [-0.2, 0) is 4.79 Å². The van der Waals surface area contributed by atoms with Gasteiger partial charge in [0, 0.05) is 12.6 Å². The largest absolute Gasteiger partial charge is 0.353 e. The van der Waals surface area contributed by atoms with Crippen molar-refractivity contribution >= 4 is 5.91 Å². The summed E-state index contributed by atoms with van der Waals surface area (Å²) in [5, 5.41) is 6.57. The Morgan fingerprint density at radius 1 is 1.37 bits per heavy atom. The molecule has 4 heteroatoms. The number of amides is 1. The van der Waals surface area contributed by atoms with Gasteiger partial charge in [-0.05, 0) is 51.2 Å². The highest BCUT2D eigenvalue weighted by atomic mass is 16.2. The van der Waals surface area contributed by atoms with Crippen molar-refractivity contribution in [1.82, 2.24) is 15.5 Å². The molecule has 1 amide bonds. The maximum Gasteiger partial charge on any atom is 0.237 e. The summed E-state index contributed by atoms with van der Waals surface area (Å²) in [7, 11) is 4.16. The lowest BCUT2D eigenvalue weighted by atomic mass is 9.93. The van der Waals surface area contributed by atoms with Gasteiger partial charge in [-0.3, -0.25) is 4.79 Å². The molecular formula is C15H29N3O. The van der Waals surface area contributed by atoms with E-state index in [9.17, 15) is 4.79 Å². The van der Waals surface area contributed by atoms with E-state index in [1.165, 1.54) is 19.3 Å². The molecule has 0 aromatic carbocycles. The second-order valence-corrected chi connectivity index (χ2v) is 6.76. The third kappa shape index (κ3) is 3.29. The van der Waals surface area contributed by atoms with Crippen molar-refractivity contribution in [1.29, 1.82) is 0 Å². The standard InChI is InChI=1S/C15H29N3O/c1-10(2)13(18(3)4)9-17-15(19)14-12-7-5-6-11(12)8-16-14/h10-14,16H,5-9H2,1-4H3,(H,17,19). The van der Waals surface area contributed by atoms with Crippen molar-refractivity contribution in [3.05, 3.63) is 0 Å². The molecule has 1 aliphatic heterocycles. The van der Waals surface area contributed by atoms with Gasteiger partial charge in [0.05, 0.1) is 6.04 Å². The highest BCUT2D eigenvalue weighted by Crippen LogP contribution is 2.37. The summed E-state index contributed by atoms with van der Waals surface area (Å²) in [5.41, 5.74) is 0. The molecule has 1 heterocycles. The van der Waals surface area contributed by atoms with Gasteiger partial charge in [0.25, 0.3) is 0 Å². The Labute approximate surface area is 117 Å². The summed E-state index contributed by atoms with van der Waals surface area (Å²) in [6.07, 6.45) is 3.82. The zero-order valence-corrected chi connectivity index (χ0v) is 12.8. The smallest absolute Gasteiger partial charge is 0.237 e. The molecule has 2 fully saturated rings. The molecule has 1 saturated carbocycles. The fourth-order valence-electron chi connectivity index (χ4n) is 3.80. The fraction of sp³-hybridized carbons (Fsp3) is 0.933. The number of carbonyl (C=O) groups is 1. The van der Waals surface area contributed by atoms with Crippen LogP contribution in [0.1, 0.15) is 33.1 Å². The Morgan fingerprint density at radius 2 is 2.11 bits per heavy atom. The van der Waals surface area contributed by atoms with Crippen LogP contribution < -0.4 is 10.6 Å². The van der Waals surface area contributed by atoms with Crippen LogP contribution in [0.4, 0.5) is 0 Å². The molecule has 0 bridgehead atoms. The van der Waals surface area contributed by atoms with Crippen LogP contribution >= 0.6 is 0 Å². The quantitative estimate of drug-likeness (QED) is 0.783. The summed E-state index contributed by atoms with van der Waals surface area (Å²) in [5.74, 6) is 2.08. The number of rotatable bonds is 5. The summed E-state index contributed by atoms with van der Waals surface area (Å²) in [6.45, 7) is 6.19.